The Bertz CT molecular complexity index is 1000. The number of methoxy groups -OCH3 is 1. The fourth-order valence-electron chi connectivity index (χ4n) is 2.55. The maximum Gasteiger partial charge on any atom is 0.360 e. The van der Waals surface area contributed by atoms with E-state index in [9.17, 15) is 14.7 Å². The fourth-order valence-corrected chi connectivity index (χ4v) is 2.55. The lowest BCUT2D eigenvalue weighted by Gasteiger charge is -2.13. The molecule has 1 heterocycles. The van der Waals surface area contributed by atoms with Crippen molar-refractivity contribution in [1.29, 1.82) is 0 Å². The van der Waals surface area contributed by atoms with Crippen molar-refractivity contribution in [3.8, 4) is 17.2 Å². The van der Waals surface area contributed by atoms with E-state index in [-0.39, 0.29) is 18.1 Å². The molecule has 1 aromatic heterocycles. The van der Waals surface area contributed by atoms with Crippen molar-refractivity contribution in [2.45, 2.75) is 13.5 Å². The topological polar surface area (TPSA) is 95.0 Å². The number of para-hydroxylation sites is 1. The predicted octanol–water partition coefficient (Wildman–Crippen LogP) is 3.58. The summed E-state index contributed by atoms with van der Waals surface area (Å²) in [7, 11) is 1.19. The molecule has 7 heteroatoms. The van der Waals surface area contributed by atoms with Crippen molar-refractivity contribution in [1.82, 2.24) is 4.98 Å². The van der Waals surface area contributed by atoms with E-state index in [1.165, 1.54) is 14.0 Å². The molecule has 3 aromatic rings. The molecular formula is C20H17NO6. The molecule has 2 aromatic carbocycles. The Hall–Kier alpha value is -3.61. The normalized spacial score (nSPS) is 10.4. The molecule has 3 rings (SSSR count). The number of hydrogen-bond donors (Lipinski definition) is 1. The average Bonchev–Trinajstić information content (AvgIpc) is 2.67. The Kier molecular flexibility index (Phi) is 5.21. The molecule has 27 heavy (non-hydrogen) atoms. The van der Waals surface area contributed by atoms with Gasteiger partial charge in [0, 0.05) is 17.7 Å². The van der Waals surface area contributed by atoms with E-state index in [0.717, 1.165) is 0 Å². The minimum absolute atomic E-state index is 0.162. The molecule has 0 atom stereocenters. The first kappa shape index (κ1) is 18.2. The van der Waals surface area contributed by atoms with Gasteiger partial charge in [0.2, 0.25) is 0 Å². The van der Waals surface area contributed by atoms with Crippen molar-refractivity contribution in [2.75, 3.05) is 7.11 Å². The Labute approximate surface area is 155 Å². The van der Waals surface area contributed by atoms with Crippen LogP contribution in [-0.4, -0.2) is 29.1 Å². The van der Waals surface area contributed by atoms with Crippen LogP contribution in [0.4, 0.5) is 0 Å². The lowest BCUT2D eigenvalue weighted by Crippen LogP contribution is -2.09. The van der Waals surface area contributed by atoms with Crippen LogP contribution in [0.2, 0.25) is 0 Å². The van der Waals surface area contributed by atoms with Crippen molar-refractivity contribution in [3.63, 3.8) is 0 Å². The number of hydrogen-bond acceptors (Lipinski definition) is 7. The second-order valence-corrected chi connectivity index (χ2v) is 5.65. The van der Waals surface area contributed by atoms with Gasteiger partial charge in [0.25, 0.3) is 0 Å². The van der Waals surface area contributed by atoms with E-state index < -0.39 is 11.9 Å². The van der Waals surface area contributed by atoms with Gasteiger partial charge in [0.15, 0.2) is 11.4 Å². The number of carbonyl (C=O) groups is 2. The van der Waals surface area contributed by atoms with Crippen LogP contribution in [0.1, 0.15) is 23.1 Å². The van der Waals surface area contributed by atoms with Crippen LogP contribution in [0.5, 0.6) is 17.2 Å². The summed E-state index contributed by atoms with van der Waals surface area (Å²) in [4.78, 5) is 27.2. The maximum atomic E-state index is 11.9. The minimum Gasteiger partial charge on any atom is -0.505 e. The summed E-state index contributed by atoms with van der Waals surface area (Å²) in [6.45, 7) is 1.11. The van der Waals surface area contributed by atoms with Crippen LogP contribution in [0.25, 0.3) is 10.8 Å². The summed E-state index contributed by atoms with van der Waals surface area (Å²) in [6, 6.07) is 14.1. The Morgan fingerprint density at radius 1 is 1.04 bits per heavy atom. The van der Waals surface area contributed by atoms with E-state index in [1.807, 2.05) is 18.2 Å². The number of carbonyl (C=O) groups excluding carboxylic acids is 2. The molecule has 0 aliphatic rings. The van der Waals surface area contributed by atoms with E-state index in [1.54, 1.807) is 30.3 Å². The van der Waals surface area contributed by atoms with Crippen molar-refractivity contribution >= 4 is 22.7 Å². The predicted molar refractivity (Wildman–Crippen MR) is 96.7 cm³/mol. The quantitative estimate of drug-likeness (QED) is 0.689. The summed E-state index contributed by atoms with van der Waals surface area (Å²) in [5.74, 6) is -0.446. The number of esters is 2. The third-order valence-electron chi connectivity index (χ3n) is 3.80. The zero-order valence-electron chi connectivity index (χ0n) is 14.8. The van der Waals surface area contributed by atoms with Gasteiger partial charge in [-0.25, -0.2) is 9.78 Å². The van der Waals surface area contributed by atoms with Crippen molar-refractivity contribution in [2.24, 2.45) is 0 Å². The zero-order chi connectivity index (χ0) is 19.4. The fraction of sp³-hybridized carbons (Fsp3) is 0.150. The number of nitrogens with zero attached hydrogens (tertiary/aromatic N) is 1. The monoisotopic (exact) mass is 367 g/mol. The van der Waals surface area contributed by atoms with Gasteiger partial charge in [-0.05, 0) is 30.3 Å². The third kappa shape index (κ3) is 3.98. The number of rotatable bonds is 5. The molecule has 138 valence electrons. The molecule has 0 radical (unpaired) electrons. The molecule has 0 fully saturated rings. The summed E-state index contributed by atoms with van der Waals surface area (Å²) in [5.41, 5.74) is 0.0563. The Morgan fingerprint density at radius 2 is 1.78 bits per heavy atom. The van der Waals surface area contributed by atoms with Gasteiger partial charge in [-0.2, -0.15) is 0 Å². The highest BCUT2D eigenvalue weighted by Crippen LogP contribution is 2.34. The molecule has 0 amide bonds. The van der Waals surface area contributed by atoms with Gasteiger partial charge in [-0.15, -0.1) is 0 Å². The second-order valence-electron chi connectivity index (χ2n) is 5.65. The number of aromatic hydroxyl groups is 1. The van der Waals surface area contributed by atoms with Crippen LogP contribution in [0.15, 0.2) is 48.5 Å². The van der Waals surface area contributed by atoms with E-state index in [2.05, 4.69) is 9.72 Å². The summed E-state index contributed by atoms with van der Waals surface area (Å²) in [5, 5.41) is 11.3. The zero-order valence-corrected chi connectivity index (χ0v) is 14.8. The van der Waals surface area contributed by atoms with Gasteiger partial charge in [-0.1, -0.05) is 18.2 Å². The number of aromatic nitrogens is 1. The first-order valence-electron chi connectivity index (χ1n) is 8.09. The average molecular weight is 367 g/mol. The molecule has 0 saturated heterocycles. The van der Waals surface area contributed by atoms with Crippen molar-refractivity contribution < 1.29 is 28.9 Å². The van der Waals surface area contributed by atoms with Crippen LogP contribution in [0.3, 0.4) is 0 Å². The largest absolute Gasteiger partial charge is 0.505 e. The molecule has 0 aliphatic carbocycles. The van der Waals surface area contributed by atoms with Gasteiger partial charge in [0.05, 0.1) is 12.8 Å². The molecule has 7 nitrogen and oxygen atoms in total. The van der Waals surface area contributed by atoms with Crippen LogP contribution in [0, 0.1) is 0 Å². The number of pyridine rings is 1. The van der Waals surface area contributed by atoms with Gasteiger partial charge < -0.3 is 19.3 Å². The van der Waals surface area contributed by atoms with Crippen LogP contribution < -0.4 is 4.74 Å². The highest BCUT2D eigenvalue weighted by Gasteiger charge is 2.20. The first-order chi connectivity index (χ1) is 13.0. The first-order valence-corrected chi connectivity index (χ1v) is 8.09. The smallest absolute Gasteiger partial charge is 0.360 e. The van der Waals surface area contributed by atoms with Gasteiger partial charge in [-0.3, -0.25) is 4.79 Å². The molecule has 1 N–H and O–H groups in total. The maximum absolute atomic E-state index is 11.9. The van der Waals surface area contributed by atoms with E-state index in [0.29, 0.717) is 28.0 Å². The SMILES string of the molecule is COC(=O)c1nc(COC(C)=O)c2cc(Oc3ccccc3)ccc2c1O. The molecule has 0 saturated carbocycles. The Balaban J connectivity index is 2.10. The Morgan fingerprint density at radius 3 is 2.44 bits per heavy atom. The van der Waals surface area contributed by atoms with E-state index >= 15 is 0 Å². The lowest BCUT2D eigenvalue weighted by molar-refractivity contribution is -0.142. The third-order valence-corrected chi connectivity index (χ3v) is 3.80. The minimum atomic E-state index is -0.789. The highest BCUT2D eigenvalue weighted by molar-refractivity contribution is 6.00. The molecule has 0 aliphatic heterocycles. The van der Waals surface area contributed by atoms with E-state index in [4.69, 9.17) is 9.47 Å². The van der Waals surface area contributed by atoms with Crippen LogP contribution in [-0.2, 0) is 20.9 Å². The molecule has 0 bridgehead atoms. The number of fused-ring (bicyclic) bond motifs is 1. The van der Waals surface area contributed by atoms with Crippen molar-refractivity contribution in [3.05, 3.63) is 59.9 Å². The number of benzene rings is 2. The molecular weight excluding hydrogens is 350 g/mol. The number of ether oxygens (including phenoxy) is 3. The summed E-state index contributed by atoms with van der Waals surface area (Å²) < 4.78 is 15.5. The second kappa shape index (κ2) is 7.74. The summed E-state index contributed by atoms with van der Waals surface area (Å²) in [6.07, 6.45) is 0. The summed E-state index contributed by atoms with van der Waals surface area (Å²) >= 11 is 0. The molecule has 0 spiro atoms. The standard InChI is InChI=1S/C20H17NO6/c1-12(22)26-11-17-16-10-14(27-13-6-4-3-5-7-13)8-9-15(16)19(23)18(21-17)20(24)25-2/h3-10,23H,11H2,1-2H3. The lowest BCUT2D eigenvalue weighted by atomic mass is 10.1. The van der Waals surface area contributed by atoms with Crippen LogP contribution >= 0.6 is 0 Å². The highest BCUT2D eigenvalue weighted by atomic mass is 16.5. The van der Waals surface area contributed by atoms with Gasteiger partial charge in [0.1, 0.15) is 18.1 Å². The van der Waals surface area contributed by atoms with Gasteiger partial charge >= 0.3 is 11.9 Å². The molecule has 0 unspecified atom stereocenters.